The van der Waals surface area contributed by atoms with Crippen LogP contribution < -0.4 is 9.57 Å². The summed E-state index contributed by atoms with van der Waals surface area (Å²) in [5, 5.41) is 14.4. The molecule has 0 bridgehead atoms. The van der Waals surface area contributed by atoms with E-state index in [9.17, 15) is 9.90 Å². The number of nitrogens with zero attached hydrogens (tertiary/aromatic N) is 2. The zero-order valence-electron chi connectivity index (χ0n) is 16.0. The standard InChI is InChI=1S/C19H28N2O4Si/c1-13-16(25-14-7-5-6-8-14)10-9-15-17(13)18(19(22)23)20-21(15)24-11-12-26(2,3)4/h9-10,14H,5-8,11-12H2,1-4H3,(H,22,23). The predicted octanol–water partition coefficient (Wildman–Crippen LogP) is 4.13. The molecule has 1 aromatic carbocycles. The number of aromatic nitrogens is 2. The fourth-order valence-corrected chi connectivity index (χ4v) is 4.03. The second-order valence-electron chi connectivity index (χ2n) is 8.28. The molecule has 2 aromatic rings. The highest BCUT2D eigenvalue weighted by molar-refractivity contribution is 6.76. The van der Waals surface area contributed by atoms with E-state index >= 15 is 0 Å². The van der Waals surface area contributed by atoms with Gasteiger partial charge in [-0.25, -0.2) is 4.79 Å². The van der Waals surface area contributed by atoms with E-state index in [0.29, 0.717) is 17.5 Å². The molecule has 0 atom stereocenters. The summed E-state index contributed by atoms with van der Waals surface area (Å²) in [6.45, 7) is 9.25. The third-order valence-corrected chi connectivity index (χ3v) is 6.60. The van der Waals surface area contributed by atoms with Gasteiger partial charge in [-0.1, -0.05) is 24.5 Å². The maximum atomic E-state index is 11.7. The molecule has 1 N–H and O–H groups in total. The second kappa shape index (κ2) is 7.30. The molecule has 6 nitrogen and oxygen atoms in total. The van der Waals surface area contributed by atoms with Gasteiger partial charge in [-0.2, -0.15) is 0 Å². The van der Waals surface area contributed by atoms with E-state index in [0.717, 1.165) is 30.2 Å². The van der Waals surface area contributed by atoms with Crippen LogP contribution in [0.15, 0.2) is 12.1 Å². The monoisotopic (exact) mass is 376 g/mol. The van der Waals surface area contributed by atoms with Crippen LogP contribution in [0.4, 0.5) is 0 Å². The van der Waals surface area contributed by atoms with Crippen molar-refractivity contribution in [3.8, 4) is 5.75 Å². The highest BCUT2D eigenvalue weighted by Gasteiger charge is 2.24. The molecular formula is C19H28N2O4Si. The number of rotatable bonds is 7. The molecule has 0 amide bonds. The molecule has 0 saturated heterocycles. The summed E-state index contributed by atoms with van der Waals surface area (Å²) >= 11 is 0. The first-order chi connectivity index (χ1) is 12.3. The lowest BCUT2D eigenvalue weighted by molar-refractivity contribution is 0.0668. The lowest BCUT2D eigenvalue weighted by Gasteiger charge is -2.16. The topological polar surface area (TPSA) is 73.6 Å². The normalized spacial score (nSPS) is 15.5. The van der Waals surface area contributed by atoms with E-state index in [1.807, 2.05) is 19.1 Å². The van der Waals surface area contributed by atoms with Gasteiger partial charge in [-0.15, -0.1) is 5.10 Å². The van der Waals surface area contributed by atoms with E-state index in [1.54, 1.807) is 0 Å². The molecule has 1 saturated carbocycles. The Morgan fingerprint density at radius 2 is 2.00 bits per heavy atom. The van der Waals surface area contributed by atoms with Crippen LogP contribution in [-0.4, -0.2) is 41.8 Å². The first-order valence-electron chi connectivity index (χ1n) is 9.32. The fraction of sp³-hybridized carbons (Fsp3) is 0.579. The fourth-order valence-electron chi connectivity index (χ4n) is 3.33. The molecule has 0 radical (unpaired) electrons. The Hall–Kier alpha value is -2.02. The molecule has 1 fully saturated rings. The summed E-state index contributed by atoms with van der Waals surface area (Å²) in [6, 6.07) is 4.74. The van der Waals surface area contributed by atoms with E-state index in [-0.39, 0.29) is 11.8 Å². The highest BCUT2D eigenvalue weighted by atomic mass is 28.3. The van der Waals surface area contributed by atoms with Crippen molar-refractivity contribution >= 4 is 24.9 Å². The number of fused-ring (bicyclic) bond motifs is 1. The van der Waals surface area contributed by atoms with Gasteiger partial charge in [-0.05, 0) is 50.8 Å². The van der Waals surface area contributed by atoms with Crippen molar-refractivity contribution in [3.63, 3.8) is 0 Å². The van der Waals surface area contributed by atoms with Crippen LogP contribution >= 0.6 is 0 Å². The molecule has 142 valence electrons. The molecule has 0 spiro atoms. The van der Waals surface area contributed by atoms with Crippen molar-refractivity contribution < 1.29 is 19.5 Å². The van der Waals surface area contributed by atoms with Crippen LogP contribution in [0.1, 0.15) is 41.7 Å². The SMILES string of the molecule is Cc1c(OC2CCCC2)ccc2c1c(C(=O)O)nn2OCC[Si](C)(C)C. The average Bonchev–Trinajstić information content (AvgIpc) is 3.17. The number of hydrogen-bond acceptors (Lipinski definition) is 4. The first kappa shape index (κ1) is 18.8. The Bertz CT molecular complexity index is 804. The number of carbonyl (C=O) groups is 1. The van der Waals surface area contributed by atoms with Crippen molar-refractivity contribution in [3.05, 3.63) is 23.4 Å². The lowest BCUT2D eigenvalue weighted by atomic mass is 10.1. The van der Waals surface area contributed by atoms with Gasteiger partial charge in [0.05, 0.1) is 6.10 Å². The molecule has 1 aromatic heterocycles. The molecule has 0 aliphatic heterocycles. The summed E-state index contributed by atoms with van der Waals surface area (Å²) in [7, 11) is -1.24. The molecule has 0 unspecified atom stereocenters. The number of aryl methyl sites for hydroxylation is 1. The number of aromatic carboxylic acids is 1. The Morgan fingerprint density at radius 3 is 2.62 bits per heavy atom. The first-order valence-corrected chi connectivity index (χ1v) is 13.0. The van der Waals surface area contributed by atoms with Gasteiger partial charge < -0.3 is 14.7 Å². The minimum absolute atomic E-state index is 0.0161. The van der Waals surface area contributed by atoms with Gasteiger partial charge in [0.1, 0.15) is 17.9 Å². The van der Waals surface area contributed by atoms with Gasteiger partial charge in [0.15, 0.2) is 5.69 Å². The van der Waals surface area contributed by atoms with E-state index in [2.05, 4.69) is 24.7 Å². The molecule has 3 rings (SSSR count). The maximum absolute atomic E-state index is 11.7. The predicted molar refractivity (Wildman–Crippen MR) is 104 cm³/mol. The van der Waals surface area contributed by atoms with Crippen molar-refractivity contribution in [1.82, 2.24) is 9.94 Å². The van der Waals surface area contributed by atoms with Crippen LogP contribution in [0.5, 0.6) is 5.75 Å². The van der Waals surface area contributed by atoms with Crippen molar-refractivity contribution in [1.29, 1.82) is 0 Å². The van der Waals surface area contributed by atoms with Crippen molar-refractivity contribution in [2.75, 3.05) is 6.61 Å². The maximum Gasteiger partial charge on any atom is 0.357 e. The van der Waals surface area contributed by atoms with E-state index in [1.165, 1.54) is 17.7 Å². The zero-order chi connectivity index (χ0) is 18.9. The third-order valence-electron chi connectivity index (χ3n) is 4.89. The smallest absolute Gasteiger partial charge is 0.357 e. The Labute approximate surface area is 155 Å². The zero-order valence-corrected chi connectivity index (χ0v) is 17.0. The van der Waals surface area contributed by atoms with Crippen molar-refractivity contribution in [2.45, 2.75) is 64.4 Å². The molecular weight excluding hydrogens is 348 g/mol. The van der Waals surface area contributed by atoms with Crippen LogP contribution in [0, 0.1) is 6.92 Å². The number of carboxylic acids is 1. The van der Waals surface area contributed by atoms with Gasteiger partial charge in [0, 0.05) is 19.0 Å². The summed E-state index contributed by atoms with van der Waals surface area (Å²) in [5.74, 6) is -0.308. The largest absolute Gasteiger partial charge is 0.490 e. The Kier molecular flexibility index (Phi) is 5.27. The van der Waals surface area contributed by atoms with Crippen molar-refractivity contribution in [2.24, 2.45) is 0 Å². The summed E-state index contributed by atoms with van der Waals surface area (Å²) in [6.07, 6.45) is 4.72. The van der Waals surface area contributed by atoms with E-state index in [4.69, 9.17) is 9.57 Å². The average molecular weight is 377 g/mol. The van der Waals surface area contributed by atoms with Gasteiger partial charge >= 0.3 is 5.97 Å². The molecule has 7 heteroatoms. The van der Waals surface area contributed by atoms with E-state index < -0.39 is 14.0 Å². The summed E-state index contributed by atoms with van der Waals surface area (Å²) < 4.78 is 6.12. The number of carboxylic acid groups (broad SMARTS) is 1. The van der Waals surface area contributed by atoms with Crippen LogP contribution in [0.2, 0.25) is 25.7 Å². The minimum atomic E-state index is -1.24. The third kappa shape index (κ3) is 4.03. The number of benzene rings is 1. The number of ether oxygens (including phenoxy) is 1. The molecule has 1 aliphatic rings. The second-order valence-corrected chi connectivity index (χ2v) is 13.9. The minimum Gasteiger partial charge on any atom is -0.490 e. The Morgan fingerprint density at radius 1 is 1.31 bits per heavy atom. The van der Waals surface area contributed by atoms with Gasteiger partial charge in [-0.3, -0.25) is 0 Å². The van der Waals surface area contributed by atoms with Crippen LogP contribution in [0.25, 0.3) is 10.9 Å². The summed E-state index contributed by atoms with van der Waals surface area (Å²) in [4.78, 5) is 18.9. The molecule has 1 heterocycles. The Balaban J connectivity index is 1.92. The molecule has 26 heavy (non-hydrogen) atoms. The quantitative estimate of drug-likeness (QED) is 0.736. The van der Waals surface area contributed by atoms with Crippen LogP contribution in [-0.2, 0) is 0 Å². The summed E-state index contributed by atoms with van der Waals surface area (Å²) in [5.41, 5.74) is 1.50. The molecule has 1 aliphatic carbocycles. The highest BCUT2D eigenvalue weighted by Crippen LogP contribution is 2.32. The van der Waals surface area contributed by atoms with Gasteiger partial charge in [0.25, 0.3) is 0 Å². The lowest BCUT2D eigenvalue weighted by Crippen LogP contribution is -2.25. The van der Waals surface area contributed by atoms with Gasteiger partial charge in [0.2, 0.25) is 0 Å². The number of hydrogen-bond donors (Lipinski definition) is 1. The van der Waals surface area contributed by atoms with Crippen LogP contribution in [0.3, 0.4) is 0 Å².